The zero-order valence-electron chi connectivity index (χ0n) is 15.9. The van der Waals surface area contributed by atoms with Crippen LogP contribution in [0.25, 0.3) is 0 Å². The summed E-state index contributed by atoms with van der Waals surface area (Å²) in [5.74, 6) is -0.882. The highest BCUT2D eigenvalue weighted by molar-refractivity contribution is 6.60. The van der Waals surface area contributed by atoms with Crippen molar-refractivity contribution in [3.05, 3.63) is 11.6 Å². The van der Waals surface area contributed by atoms with Crippen molar-refractivity contribution in [2.24, 2.45) is 0 Å². The molecule has 0 aliphatic heterocycles. The second kappa shape index (κ2) is 14.6. The van der Waals surface area contributed by atoms with Gasteiger partial charge in [-0.05, 0) is 32.6 Å². The molecule has 0 saturated carbocycles. The second-order valence-corrected chi connectivity index (χ2v) is 8.75. The van der Waals surface area contributed by atoms with Gasteiger partial charge in [0.1, 0.15) is 0 Å². The smallest absolute Gasteiger partial charge is 0.478 e. The number of carboxylic acids is 1. The number of carbonyl (C=O) groups is 1. The fraction of sp³-hybridized carbons (Fsp3) is 0.833. The summed E-state index contributed by atoms with van der Waals surface area (Å²) in [5, 5.41) is 8.98. The predicted octanol–water partition coefficient (Wildman–Crippen LogP) is 4.80. The number of unbranched alkanes of at least 4 members (excludes halogenated alkanes) is 3. The zero-order valence-corrected chi connectivity index (χ0v) is 16.9. The predicted molar refractivity (Wildman–Crippen MR) is 99.2 cm³/mol. The molecule has 0 radical (unpaired) electrons. The van der Waals surface area contributed by atoms with Crippen LogP contribution in [0.3, 0.4) is 0 Å². The van der Waals surface area contributed by atoms with Crippen LogP contribution in [0.1, 0.15) is 72.6 Å². The van der Waals surface area contributed by atoms with E-state index in [4.69, 9.17) is 18.4 Å². The molecule has 0 atom stereocenters. The molecule has 0 amide bonds. The lowest BCUT2D eigenvalue weighted by Gasteiger charge is -2.29. The second-order valence-electron chi connectivity index (χ2n) is 6.02. The zero-order chi connectivity index (χ0) is 18.3. The molecule has 0 fully saturated rings. The monoisotopic (exact) mass is 360 g/mol. The fourth-order valence-corrected chi connectivity index (χ4v) is 4.56. The molecule has 0 aromatic carbocycles. The highest BCUT2D eigenvalue weighted by Crippen LogP contribution is 2.21. The van der Waals surface area contributed by atoms with E-state index in [1.54, 1.807) is 13.0 Å². The highest BCUT2D eigenvalue weighted by atomic mass is 28.4. The first-order valence-electron chi connectivity index (χ1n) is 9.33. The van der Waals surface area contributed by atoms with E-state index in [1.165, 1.54) is 0 Å². The lowest BCUT2D eigenvalue weighted by atomic mass is 10.2. The van der Waals surface area contributed by atoms with E-state index in [2.05, 4.69) is 20.8 Å². The number of rotatable bonds is 16. The normalized spacial score (nSPS) is 12.6. The SMILES string of the molecule is CCCCO[Si](CCC=C(C)C(=O)O)(OCCCC)OCCCC. The van der Waals surface area contributed by atoms with Crippen LogP contribution in [-0.4, -0.2) is 39.7 Å². The molecule has 24 heavy (non-hydrogen) atoms. The van der Waals surface area contributed by atoms with Gasteiger partial charge in [-0.3, -0.25) is 0 Å². The number of hydrogen-bond donors (Lipinski definition) is 1. The summed E-state index contributed by atoms with van der Waals surface area (Å²) < 4.78 is 18.4. The summed E-state index contributed by atoms with van der Waals surface area (Å²) in [6.07, 6.45) is 8.46. The minimum atomic E-state index is -2.75. The van der Waals surface area contributed by atoms with E-state index >= 15 is 0 Å². The van der Waals surface area contributed by atoms with Gasteiger partial charge in [0.25, 0.3) is 0 Å². The maximum Gasteiger partial charge on any atom is 0.501 e. The molecule has 0 aromatic heterocycles. The molecule has 1 N–H and O–H groups in total. The van der Waals surface area contributed by atoms with Crippen LogP contribution in [0.2, 0.25) is 6.04 Å². The maximum absolute atomic E-state index is 10.9. The van der Waals surface area contributed by atoms with Crippen molar-refractivity contribution < 1.29 is 23.2 Å². The van der Waals surface area contributed by atoms with Crippen LogP contribution >= 0.6 is 0 Å². The molecule has 0 heterocycles. The lowest BCUT2D eigenvalue weighted by Crippen LogP contribution is -2.46. The molecule has 0 rings (SSSR count). The minimum absolute atomic E-state index is 0.355. The lowest BCUT2D eigenvalue weighted by molar-refractivity contribution is -0.132. The van der Waals surface area contributed by atoms with Crippen LogP contribution < -0.4 is 0 Å². The van der Waals surface area contributed by atoms with Gasteiger partial charge in [-0.15, -0.1) is 0 Å². The molecule has 0 aliphatic carbocycles. The molecule has 6 heteroatoms. The maximum atomic E-state index is 10.9. The van der Waals surface area contributed by atoms with Gasteiger partial charge in [0, 0.05) is 31.4 Å². The molecular formula is C18H36O5Si. The summed E-state index contributed by atoms with van der Waals surface area (Å²) in [7, 11) is -2.75. The van der Waals surface area contributed by atoms with Crippen molar-refractivity contribution in [3.63, 3.8) is 0 Å². The van der Waals surface area contributed by atoms with Crippen molar-refractivity contribution in [3.8, 4) is 0 Å². The van der Waals surface area contributed by atoms with E-state index < -0.39 is 14.8 Å². The third-order valence-electron chi connectivity index (χ3n) is 3.70. The Labute approximate surface area is 148 Å². The summed E-state index contributed by atoms with van der Waals surface area (Å²) >= 11 is 0. The van der Waals surface area contributed by atoms with Gasteiger partial charge in [-0.1, -0.05) is 46.1 Å². The molecule has 0 unspecified atom stereocenters. The summed E-state index contributed by atoms with van der Waals surface area (Å²) in [6, 6.07) is 0.634. The number of allylic oxidation sites excluding steroid dienone is 1. The van der Waals surface area contributed by atoms with Crippen LogP contribution in [0, 0.1) is 0 Å². The van der Waals surface area contributed by atoms with Crippen molar-refractivity contribution in [1.82, 2.24) is 0 Å². The number of carboxylic acid groups (broad SMARTS) is 1. The van der Waals surface area contributed by atoms with Gasteiger partial charge in [0.15, 0.2) is 0 Å². The standard InChI is InChI=1S/C18H36O5Si/c1-5-8-13-21-24(22-14-9-6-2,23-15-10-7-3)16-11-12-17(4)18(19)20/h12H,5-11,13-16H2,1-4H3,(H,19,20). The van der Waals surface area contributed by atoms with E-state index in [-0.39, 0.29) is 0 Å². The van der Waals surface area contributed by atoms with Crippen molar-refractivity contribution in [2.75, 3.05) is 19.8 Å². The molecule has 0 spiro atoms. The quantitative estimate of drug-likeness (QED) is 0.243. The molecule has 0 aromatic rings. The van der Waals surface area contributed by atoms with E-state index in [0.717, 1.165) is 38.5 Å². The first kappa shape index (κ1) is 23.3. The van der Waals surface area contributed by atoms with Crippen molar-refractivity contribution >= 4 is 14.8 Å². The van der Waals surface area contributed by atoms with Gasteiger partial charge in [-0.2, -0.15) is 0 Å². The largest absolute Gasteiger partial charge is 0.501 e. The first-order chi connectivity index (χ1) is 11.5. The van der Waals surface area contributed by atoms with Crippen molar-refractivity contribution in [2.45, 2.75) is 78.7 Å². The number of hydrogen-bond acceptors (Lipinski definition) is 4. The van der Waals surface area contributed by atoms with E-state index in [1.807, 2.05) is 0 Å². The third kappa shape index (κ3) is 11.0. The van der Waals surface area contributed by atoms with E-state index in [9.17, 15) is 4.79 Å². The van der Waals surface area contributed by atoms with Crippen LogP contribution in [0.4, 0.5) is 0 Å². The Balaban J connectivity index is 4.89. The van der Waals surface area contributed by atoms with Crippen molar-refractivity contribution in [1.29, 1.82) is 0 Å². The van der Waals surface area contributed by atoms with Crippen LogP contribution in [-0.2, 0) is 18.1 Å². The van der Waals surface area contributed by atoms with Gasteiger partial charge in [0.05, 0.1) is 0 Å². The summed E-state index contributed by atoms with van der Waals surface area (Å²) in [4.78, 5) is 10.9. The minimum Gasteiger partial charge on any atom is -0.478 e. The Morgan fingerprint density at radius 2 is 1.33 bits per heavy atom. The summed E-state index contributed by atoms with van der Waals surface area (Å²) in [6.45, 7) is 9.91. The van der Waals surface area contributed by atoms with Crippen LogP contribution in [0.5, 0.6) is 0 Å². The molecule has 142 valence electrons. The Morgan fingerprint density at radius 1 is 0.917 bits per heavy atom. The topological polar surface area (TPSA) is 65.0 Å². The average molecular weight is 361 g/mol. The molecule has 0 saturated heterocycles. The molecule has 5 nitrogen and oxygen atoms in total. The molecule has 0 aliphatic rings. The van der Waals surface area contributed by atoms with Gasteiger partial charge in [0.2, 0.25) is 0 Å². The van der Waals surface area contributed by atoms with Crippen LogP contribution in [0.15, 0.2) is 11.6 Å². The fourth-order valence-electron chi connectivity index (χ4n) is 2.01. The third-order valence-corrected chi connectivity index (χ3v) is 6.53. The Bertz CT molecular complexity index is 331. The van der Waals surface area contributed by atoms with Gasteiger partial charge in [-0.25, -0.2) is 4.79 Å². The Morgan fingerprint density at radius 3 is 1.67 bits per heavy atom. The van der Waals surface area contributed by atoms with E-state index in [0.29, 0.717) is 37.9 Å². The molecule has 0 bridgehead atoms. The Hall–Kier alpha value is -0.693. The molecular weight excluding hydrogens is 324 g/mol. The number of aliphatic carboxylic acids is 1. The Kier molecular flexibility index (Phi) is 14.2. The highest BCUT2D eigenvalue weighted by Gasteiger charge is 2.40. The average Bonchev–Trinajstić information content (AvgIpc) is 2.55. The van der Waals surface area contributed by atoms with Gasteiger partial charge >= 0.3 is 14.8 Å². The summed E-state index contributed by atoms with van der Waals surface area (Å²) in [5.41, 5.74) is 0.355. The van der Waals surface area contributed by atoms with Gasteiger partial charge < -0.3 is 18.4 Å². The first-order valence-corrected chi connectivity index (χ1v) is 11.3.